The first-order valence-corrected chi connectivity index (χ1v) is 28.0. The van der Waals surface area contributed by atoms with E-state index in [1.807, 2.05) is 33.3 Å². The monoisotopic (exact) mass is 922 g/mol. The second kappa shape index (κ2) is 44.8. The van der Waals surface area contributed by atoms with Gasteiger partial charge in [0.1, 0.15) is 19.3 Å². The number of esters is 1. The summed E-state index contributed by atoms with van der Waals surface area (Å²) in [5.41, 5.74) is 0. The van der Waals surface area contributed by atoms with E-state index >= 15 is 0 Å². The lowest BCUT2D eigenvalue weighted by Gasteiger charge is -2.27. The number of ether oxygens (including phenoxy) is 1. The average Bonchev–Trinajstić information content (AvgIpc) is 3.25. The Balaban J connectivity index is 5.39. The number of amides is 1. The quantitative estimate of drug-likeness (QED) is 0.0206. The Morgan fingerprint density at radius 3 is 1.50 bits per heavy atom. The Bertz CT molecular complexity index is 1240. The van der Waals surface area contributed by atoms with Crippen molar-refractivity contribution in [2.45, 2.75) is 245 Å². The van der Waals surface area contributed by atoms with Gasteiger partial charge >= 0.3 is 13.8 Å². The first-order valence-electron chi connectivity index (χ1n) is 26.5. The number of carbonyl (C=O) groups is 2. The van der Waals surface area contributed by atoms with Crippen LogP contribution in [0.5, 0.6) is 0 Å². The maximum atomic E-state index is 13.4. The van der Waals surface area contributed by atoms with Crippen LogP contribution in [0.4, 0.5) is 0 Å². The molecule has 3 unspecified atom stereocenters. The van der Waals surface area contributed by atoms with Crippen LogP contribution in [0.25, 0.3) is 0 Å². The highest BCUT2D eigenvalue weighted by atomic mass is 31.2. The fourth-order valence-corrected chi connectivity index (χ4v) is 8.16. The third kappa shape index (κ3) is 45.1. The Labute approximate surface area is 395 Å². The van der Waals surface area contributed by atoms with E-state index in [9.17, 15) is 19.0 Å². The number of phosphoric acid groups is 1. The minimum Gasteiger partial charge on any atom is -0.456 e. The van der Waals surface area contributed by atoms with Crippen LogP contribution < -0.4 is 5.32 Å². The van der Waals surface area contributed by atoms with Crippen molar-refractivity contribution in [1.82, 2.24) is 5.32 Å². The minimum absolute atomic E-state index is 0.0377. The zero-order valence-corrected chi connectivity index (χ0v) is 43.4. The molecule has 9 nitrogen and oxygen atoms in total. The Hall–Kier alpha value is -2.03. The molecular formula is C54H102N2O7P+. The van der Waals surface area contributed by atoms with Crippen molar-refractivity contribution in [3.8, 4) is 0 Å². The molecule has 0 rings (SSSR count). The van der Waals surface area contributed by atoms with Gasteiger partial charge in [-0.1, -0.05) is 205 Å². The summed E-state index contributed by atoms with van der Waals surface area (Å²) in [4.78, 5) is 37.4. The molecule has 10 heteroatoms. The highest BCUT2D eigenvalue weighted by molar-refractivity contribution is 7.47. The molecule has 0 spiro atoms. The number of rotatable bonds is 47. The van der Waals surface area contributed by atoms with Crippen LogP contribution >= 0.6 is 7.82 Å². The molecule has 0 saturated carbocycles. The summed E-state index contributed by atoms with van der Waals surface area (Å²) < 4.78 is 30.5. The molecule has 3 atom stereocenters. The summed E-state index contributed by atoms with van der Waals surface area (Å²) in [5.74, 6) is -0.520. The zero-order valence-electron chi connectivity index (χ0n) is 42.5. The number of hydrogen-bond acceptors (Lipinski definition) is 6. The molecule has 0 heterocycles. The highest BCUT2D eigenvalue weighted by Crippen LogP contribution is 2.43. The van der Waals surface area contributed by atoms with Crippen molar-refractivity contribution < 1.29 is 37.3 Å². The minimum atomic E-state index is -4.44. The number of unbranched alkanes of at least 4 members (excludes halogenated alkanes) is 25. The van der Waals surface area contributed by atoms with E-state index in [4.69, 9.17) is 13.8 Å². The van der Waals surface area contributed by atoms with Crippen molar-refractivity contribution in [1.29, 1.82) is 0 Å². The molecule has 0 aliphatic rings. The van der Waals surface area contributed by atoms with Gasteiger partial charge in [-0.2, -0.15) is 0 Å². The van der Waals surface area contributed by atoms with Crippen molar-refractivity contribution in [2.24, 2.45) is 0 Å². The lowest BCUT2D eigenvalue weighted by atomic mass is 10.0. The smallest absolute Gasteiger partial charge is 0.456 e. The number of allylic oxidation sites excluding steroid dienone is 7. The van der Waals surface area contributed by atoms with E-state index in [2.05, 4.69) is 62.5 Å². The second-order valence-electron chi connectivity index (χ2n) is 19.0. The SMILES string of the molecule is CC/C=C/C/C=C/C/C=C/CCCCCCCCC(=O)NC(COP(=O)(O)OCC[N+](C)(C)C)C(/C=C\CCCCCCCCCCC)OC(=O)CCCCCCCCCCCCC. The van der Waals surface area contributed by atoms with E-state index in [1.165, 1.54) is 109 Å². The molecule has 0 aliphatic heterocycles. The maximum absolute atomic E-state index is 13.4. The largest absolute Gasteiger partial charge is 0.472 e. The summed E-state index contributed by atoms with van der Waals surface area (Å²) in [7, 11) is 1.49. The van der Waals surface area contributed by atoms with Gasteiger partial charge in [0, 0.05) is 12.8 Å². The summed E-state index contributed by atoms with van der Waals surface area (Å²) in [5, 5.41) is 3.03. The molecule has 0 bridgehead atoms. The lowest BCUT2D eigenvalue weighted by Crippen LogP contribution is -2.47. The molecule has 2 N–H and O–H groups in total. The molecule has 0 saturated heterocycles. The van der Waals surface area contributed by atoms with E-state index in [0.29, 0.717) is 23.9 Å². The van der Waals surface area contributed by atoms with Gasteiger partial charge in [-0.3, -0.25) is 18.6 Å². The van der Waals surface area contributed by atoms with Gasteiger partial charge in [-0.25, -0.2) is 4.57 Å². The predicted molar refractivity (Wildman–Crippen MR) is 272 cm³/mol. The topological polar surface area (TPSA) is 111 Å². The Morgan fingerprint density at radius 2 is 1.00 bits per heavy atom. The molecule has 0 radical (unpaired) electrons. The number of nitrogens with zero attached hydrogens (tertiary/aromatic N) is 1. The molecule has 1 amide bonds. The average molecular weight is 922 g/mol. The van der Waals surface area contributed by atoms with Crippen LogP contribution in [-0.4, -0.2) is 74.3 Å². The van der Waals surface area contributed by atoms with Crippen LogP contribution in [0.1, 0.15) is 233 Å². The number of nitrogens with one attached hydrogen (secondary N) is 1. The van der Waals surface area contributed by atoms with E-state index in [-0.39, 0.29) is 25.1 Å². The number of phosphoric ester groups is 1. The van der Waals surface area contributed by atoms with Gasteiger partial charge in [-0.15, -0.1) is 0 Å². The van der Waals surface area contributed by atoms with Gasteiger partial charge < -0.3 is 19.4 Å². The van der Waals surface area contributed by atoms with Gasteiger partial charge in [-0.05, 0) is 63.9 Å². The first kappa shape index (κ1) is 62.0. The van der Waals surface area contributed by atoms with Gasteiger partial charge in [0.2, 0.25) is 5.91 Å². The molecule has 0 aromatic heterocycles. The summed E-state index contributed by atoms with van der Waals surface area (Å²) in [6.07, 6.45) is 52.4. The molecule has 0 fully saturated rings. The van der Waals surface area contributed by atoms with Crippen LogP contribution in [-0.2, 0) is 27.9 Å². The predicted octanol–water partition coefficient (Wildman–Crippen LogP) is 15.4. The van der Waals surface area contributed by atoms with E-state index in [0.717, 1.165) is 89.9 Å². The molecule has 0 aromatic rings. The molecular weight excluding hydrogens is 820 g/mol. The van der Waals surface area contributed by atoms with Crippen molar-refractivity contribution in [2.75, 3.05) is 40.9 Å². The Morgan fingerprint density at radius 1 is 0.562 bits per heavy atom. The Kier molecular flexibility index (Phi) is 43.4. The van der Waals surface area contributed by atoms with E-state index in [1.54, 1.807) is 0 Å². The third-order valence-corrected chi connectivity index (χ3v) is 12.5. The molecule has 374 valence electrons. The van der Waals surface area contributed by atoms with Crippen molar-refractivity contribution >= 4 is 19.7 Å². The maximum Gasteiger partial charge on any atom is 0.472 e. The van der Waals surface area contributed by atoms with E-state index < -0.39 is 20.0 Å². The number of likely N-dealkylation sites (N-methyl/N-ethyl adjacent to an activating group) is 1. The van der Waals surface area contributed by atoms with Crippen LogP contribution in [0, 0.1) is 0 Å². The second-order valence-corrected chi connectivity index (χ2v) is 20.5. The molecule has 0 aliphatic carbocycles. The standard InChI is InChI=1S/C54H101N2O7P/c1-7-10-13-16-19-22-25-26-27-28-29-32-34-37-40-43-46-53(57)55-51(50-62-64(59,60)61-49-48-56(4,5)6)52(45-42-39-36-33-30-23-20-17-14-11-8-2)63-54(58)47-44-41-38-35-31-24-21-18-15-12-9-3/h10,13,19,22,26-27,42,45,51-52H,7-9,11-12,14-18,20-21,23-25,28-41,43-44,46-50H2,1-6H3,(H-,55,57,59,60)/p+1/b13-10+,22-19+,27-26+,45-42-. The summed E-state index contributed by atoms with van der Waals surface area (Å²) in [6, 6.07) is -0.850. The number of quaternary nitrogens is 1. The van der Waals surface area contributed by atoms with Crippen LogP contribution in [0.2, 0.25) is 0 Å². The van der Waals surface area contributed by atoms with Gasteiger partial charge in [0.25, 0.3) is 0 Å². The number of hydrogen-bond donors (Lipinski definition) is 2. The number of carbonyl (C=O) groups excluding carboxylic acids is 2. The zero-order chi connectivity index (χ0) is 47.3. The van der Waals surface area contributed by atoms with Gasteiger partial charge in [0.05, 0.1) is 33.8 Å². The fraction of sp³-hybridized carbons (Fsp3) is 0.815. The highest BCUT2D eigenvalue weighted by Gasteiger charge is 2.30. The summed E-state index contributed by atoms with van der Waals surface area (Å²) in [6.45, 7) is 6.87. The lowest BCUT2D eigenvalue weighted by molar-refractivity contribution is -0.870. The van der Waals surface area contributed by atoms with Gasteiger partial charge in [0.15, 0.2) is 0 Å². The fourth-order valence-electron chi connectivity index (χ4n) is 7.42. The van der Waals surface area contributed by atoms with Crippen molar-refractivity contribution in [3.05, 3.63) is 48.6 Å². The third-order valence-electron chi connectivity index (χ3n) is 11.5. The van der Waals surface area contributed by atoms with Crippen LogP contribution in [0.15, 0.2) is 48.6 Å². The first-order chi connectivity index (χ1) is 30.9. The summed E-state index contributed by atoms with van der Waals surface area (Å²) >= 11 is 0. The molecule has 64 heavy (non-hydrogen) atoms. The normalized spacial score (nSPS) is 14.3. The molecule has 0 aromatic carbocycles. The van der Waals surface area contributed by atoms with Crippen molar-refractivity contribution in [3.63, 3.8) is 0 Å². The van der Waals surface area contributed by atoms with Crippen LogP contribution in [0.3, 0.4) is 0 Å².